The lowest BCUT2D eigenvalue weighted by atomic mass is 9.92. The molecule has 5 heteroatoms. The zero-order valence-electron chi connectivity index (χ0n) is 9.87. The quantitative estimate of drug-likeness (QED) is 0.422. The van der Waals surface area contributed by atoms with E-state index in [-0.39, 0.29) is 0 Å². The first-order chi connectivity index (χ1) is 8.66. The van der Waals surface area contributed by atoms with Gasteiger partial charge in [0.2, 0.25) is 0 Å². The number of rotatable bonds is 1. The molecule has 1 aliphatic carbocycles. The molecule has 0 bridgehead atoms. The summed E-state index contributed by atoms with van der Waals surface area (Å²) in [6.45, 7) is 4.07. The molecule has 2 aromatic heterocycles. The molecule has 18 heavy (non-hydrogen) atoms. The summed E-state index contributed by atoms with van der Waals surface area (Å²) in [5.74, 6) is 0. The van der Waals surface area contributed by atoms with Crippen LogP contribution in [0.4, 0.5) is 0 Å². The molecular formula is C13H13ClIN3. The Kier molecular flexibility index (Phi) is 3.32. The largest absolute Gasteiger partial charge is 0.328 e. The molecule has 1 saturated carbocycles. The lowest BCUT2D eigenvalue weighted by Crippen LogP contribution is -2.13. The second-order valence-electron chi connectivity index (χ2n) is 4.73. The molecule has 2 heterocycles. The van der Waals surface area contributed by atoms with Crippen molar-refractivity contribution in [1.29, 1.82) is 0 Å². The molecule has 0 N–H and O–H groups in total. The normalized spacial score (nSPS) is 17.6. The number of fused-ring (bicyclic) bond motifs is 1. The first-order valence-corrected chi connectivity index (χ1v) is 7.45. The van der Waals surface area contributed by atoms with Crippen molar-refractivity contribution in [2.24, 2.45) is 0 Å². The van der Waals surface area contributed by atoms with Gasteiger partial charge in [-0.2, -0.15) is 0 Å². The Balaban J connectivity index is 2.07. The molecule has 0 radical (unpaired) electrons. The van der Waals surface area contributed by atoms with E-state index in [1.165, 1.54) is 5.57 Å². The van der Waals surface area contributed by atoms with Crippen LogP contribution in [0.2, 0.25) is 5.15 Å². The van der Waals surface area contributed by atoms with E-state index in [2.05, 4.69) is 49.9 Å². The lowest BCUT2D eigenvalue weighted by Gasteiger charge is -2.25. The summed E-state index contributed by atoms with van der Waals surface area (Å²) >= 11 is 8.46. The first-order valence-electron chi connectivity index (χ1n) is 6.00. The fourth-order valence-corrected chi connectivity index (χ4v) is 3.76. The van der Waals surface area contributed by atoms with Gasteiger partial charge in [-0.25, -0.2) is 9.97 Å². The maximum Gasteiger partial charge on any atom is 0.146 e. The van der Waals surface area contributed by atoms with Crippen LogP contribution in [0.25, 0.3) is 11.0 Å². The predicted molar refractivity (Wildman–Crippen MR) is 81.9 cm³/mol. The van der Waals surface area contributed by atoms with Crippen molar-refractivity contribution >= 4 is 45.2 Å². The number of aromatic nitrogens is 3. The van der Waals surface area contributed by atoms with E-state index >= 15 is 0 Å². The highest BCUT2D eigenvalue weighted by atomic mass is 127. The summed E-state index contributed by atoms with van der Waals surface area (Å²) in [5, 5.41) is 1.52. The van der Waals surface area contributed by atoms with E-state index in [9.17, 15) is 0 Å². The van der Waals surface area contributed by atoms with Crippen molar-refractivity contribution in [3.63, 3.8) is 0 Å². The summed E-state index contributed by atoms with van der Waals surface area (Å²) in [6.07, 6.45) is 8.18. The number of allylic oxidation sites excluding steroid dienone is 1. The molecular weight excluding hydrogens is 361 g/mol. The van der Waals surface area contributed by atoms with Crippen LogP contribution in [0.5, 0.6) is 0 Å². The van der Waals surface area contributed by atoms with Crippen LogP contribution in [-0.2, 0) is 0 Å². The number of halogens is 2. The van der Waals surface area contributed by atoms with Gasteiger partial charge in [0, 0.05) is 15.8 Å². The zero-order valence-corrected chi connectivity index (χ0v) is 12.8. The Morgan fingerprint density at radius 2 is 2.06 bits per heavy atom. The molecule has 94 valence electrons. The molecule has 0 saturated heterocycles. The van der Waals surface area contributed by atoms with Crippen LogP contribution >= 0.6 is 34.2 Å². The Bertz CT molecular complexity index is 610. The molecule has 0 spiro atoms. The highest BCUT2D eigenvalue weighted by molar-refractivity contribution is 14.1. The maximum atomic E-state index is 6.15. The third-order valence-corrected chi connectivity index (χ3v) is 4.68. The van der Waals surface area contributed by atoms with E-state index in [4.69, 9.17) is 11.6 Å². The van der Waals surface area contributed by atoms with Gasteiger partial charge in [-0.1, -0.05) is 23.8 Å². The third-order valence-electron chi connectivity index (χ3n) is 3.57. The van der Waals surface area contributed by atoms with Crippen LogP contribution in [0.15, 0.2) is 24.7 Å². The Labute approximate surface area is 124 Å². The fraction of sp³-hybridized carbons (Fsp3) is 0.385. The summed E-state index contributed by atoms with van der Waals surface area (Å²) < 4.78 is 3.38. The van der Waals surface area contributed by atoms with Gasteiger partial charge in [-0.05, 0) is 48.3 Å². The molecule has 1 fully saturated rings. The molecule has 0 aliphatic heterocycles. The van der Waals surface area contributed by atoms with Gasteiger partial charge < -0.3 is 4.57 Å². The minimum atomic E-state index is 0.507. The van der Waals surface area contributed by atoms with E-state index in [1.54, 1.807) is 6.33 Å². The van der Waals surface area contributed by atoms with Crippen LogP contribution in [0.3, 0.4) is 0 Å². The maximum absolute atomic E-state index is 6.15. The smallest absolute Gasteiger partial charge is 0.146 e. The van der Waals surface area contributed by atoms with E-state index in [0.717, 1.165) is 40.3 Å². The van der Waals surface area contributed by atoms with Gasteiger partial charge in [0.05, 0.1) is 5.39 Å². The number of hydrogen-bond donors (Lipinski definition) is 0. The Morgan fingerprint density at radius 3 is 2.78 bits per heavy atom. The SMILES string of the molecule is C=C1CCC(n2cc(I)c3c(Cl)ncnc32)CC1. The molecule has 1 aliphatic rings. The summed E-state index contributed by atoms with van der Waals surface area (Å²) in [6, 6.07) is 0.507. The van der Waals surface area contributed by atoms with Crippen LogP contribution in [0.1, 0.15) is 31.7 Å². The molecule has 0 aromatic carbocycles. The average Bonchev–Trinajstić information content (AvgIpc) is 2.69. The minimum Gasteiger partial charge on any atom is -0.328 e. The van der Waals surface area contributed by atoms with Crippen LogP contribution in [0, 0.1) is 3.57 Å². The van der Waals surface area contributed by atoms with E-state index < -0.39 is 0 Å². The second kappa shape index (κ2) is 4.81. The molecule has 0 atom stereocenters. The second-order valence-corrected chi connectivity index (χ2v) is 6.25. The van der Waals surface area contributed by atoms with E-state index in [0.29, 0.717) is 11.2 Å². The molecule has 0 amide bonds. The van der Waals surface area contributed by atoms with Gasteiger partial charge in [0.15, 0.2) is 0 Å². The van der Waals surface area contributed by atoms with Crippen molar-refractivity contribution in [1.82, 2.24) is 14.5 Å². The predicted octanol–water partition coefficient (Wildman–Crippen LogP) is 4.36. The van der Waals surface area contributed by atoms with Crippen LogP contribution in [-0.4, -0.2) is 14.5 Å². The molecule has 3 nitrogen and oxygen atoms in total. The van der Waals surface area contributed by atoms with Crippen molar-refractivity contribution in [3.8, 4) is 0 Å². The van der Waals surface area contributed by atoms with Gasteiger partial charge in [-0.15, -0.1) is 0 Å². The molecule has 2 aromatic rings. The van der Waals surface area contributed by atoms with Gasteiger partial charge >= 0.3 is 0 Å². The summed E-state index contributed by atoms with van der Waals surface area (Å²) in [5.41, 5.74) is 2.32. The number of nitrogens with zero attached hydrogens (tertiary/aromatic N) is 3. The van der Waals surface area contributed by atoms with Gasteiger partial charge in [0.25, 0.3) is 0 Å². The lowest BCUT2D eigenvalue weighted by molar-refractivity contribution is 0.407. The minimum absolute atomic E-state index is 0.507. The van der Waals surface area contributed by atoms with Crippen molar-refractivity contribution in [2.45, 2.75) is 31.7 Å². The van der Waals surface area contributed by atoms with Gasteiger partial charge in [0.1, 0.15) is 17.1 Å². The monoisotopic (exact) mass is 373 g/mol. The Morgan fingerprint density at radius 1 is 1.33 bits per heavy atom. The summed E-state index contributed by atoms with van der Waals surface area (Å²) in [7, 11) is 0. The Hall–Kier alpha value is -0.620. The number of hydrogen-bond acceptors (Lipinski definition) is 2. The highest BCUT2D eigenvalue weighted by Gasteiger charge is 2.21. The average molecular weight is 374 g/mol. The standard InChI is InChI=1S/C13H13ClIN3/c1-8-2-4-9(5-3-8)18-6-10(15)11-12(14)16-7-17-13(11)18/h6-7,9H,1-5H2. The summed E-state index contributed by atoms with van der Waals surface area (Å²) in [4.78, 5) is 8.46. The molecule has 3 rings (SSSR count). The molecule has 0 unspecified atom stereocenters. The van der Waals surface area contributed by atoms with Crippen molar-refractivity contribution in [3.05, 3.63) is 33.4 Å². The zero-order chi connectivity index (χ0) is 12.7. The van der Waals surface area contributed by atoms with Gasteiger partial charge in [-0.3, -0.25) is 0 Å². The van der Waals surface area contributed by atoms with Crippen molar-refractivity contribution < 1.29 is 0 Å². The van der Waals surface area contributed by atoms with E-state index in [1.807, 2.05) is 0 Å². The highest BCUT2D eigenvalue weighted by Crippen LogP contribution is 2.35. The van der Waals surface area contributed by atoms with Crippen molar-refractivity contribution in [2.75, 3.05) is 0 Å². The fourth-order valence-electron chi connectivity index (χ4n) is 2.57. The first kappa shape index (κ1) is 12.4. The van der Waals surface area contributed by atoms with Crippen LogP contribution < -0.4 is 0 Å². The third kappa shape index (κ3) is 2.05. The topological polar surface area (TPSA) is 30.7 Å².